The van der Waals surface area contributed by atoms with Crippen molar-refractivity contribution in [2.24, 2.45) is 0 Å². The smallest absolute Gasteiger partial charge is 0.344 e. The molecule has 0 atom stereocenters. The molecule has 89 valence electrons. The fourth-order valence-corrected chi connectivity index (χ4v) is 0.680. The van der Waals surface area contributed by atoms with Gasteiger partial charge in [-0.05, 0) is 0 Å². The Labute approximate surface area is 132 Å². The maximum absolute atomic E-state index is 3.49. The van der Waals surface area contributed by atoms with Crippen molar-refractivity contribution in [1.29, 1.82) is 0 Å². The van der Waals surface area contributed by atoms with Crippen LogP contribution in [-0.2, 0) is 26.2 Å². The van der Waals surface area contributed by atoms with Gasteiger partial charge in [-0.15, -0.1) is 37.7 Å². The first-order valence-corrected chi connectivity index (χ1v) is 4.64. The second-order valence-corrected chi connectivity index (χ2v) is 2.51. The Kier molecular flexibility index (Phi) is 38.9. The molecular formula is C13H19Cl2Zr. The van der Waals surface area contributed by atoms with Gasteiger partial charge in [-0.1, -0.05) is 6.92 Å². The molecule has 0 aromatic heterocycles. The third-order valence-corrected chi connectivity index (χ3v) is 1.17. The van der Waals surface area contributed by atoms with Gasteiger partial charge in [-0.3, -0.25) is 12.2 Å². The number of hydrogen-bond donors (Lipinski definition) is 0. The number of allylic oxidation sites excluding steroid dienone is 8. The van der Waals surface area contributed by atoms with E-state index in [1.165, 1.54) is 0 Å². The predicted octanol–water partition coefficient (Wildman–Crippen LogP) is 4.68. The summed E-state index contributed by atoms with van der Waals surface area (Å²) >= 11 is 0. The largest absolute Gasteiger partial charge is 3.00 e. The topological polar surface area (TPSA) is 0 Å². The average Bonchev–Trinajstić information content (AvgIpc) is 2.85. The van der Waals surface area contributed by atoms with E-state index in [0.717, 1.165) is 19.3 Å². The molecule has 0 aliphatic heterocycles. The van der Waals surface area contributed by atoms with Gasteiger partial charge in [0, 0.05) is 0 Å². The fraction of sp³-hybridized carbons (Fsp3) is 0.308. The Bertz CT molecular complexity index is 164. The number of rotatable bonds is 0. The summed E-state index contributed by atoms with van der Waals surface area (Å²) in [6.45, 7) is 5.50. The molecule has 0 saturated heterocycles. The minimum absolute atomic E-state index is 0. The van der Waals surface area contributed by atoms with Gasteiger partial charge in [0.05, 0.1) is 0 Å². The van der Waals surface area contributed by atoms with Crippen molar-refractivity contribution in [1.82, 2.24) is 0 Å². The van der Waals surface area contributed by atoms with Crippen molar-refractivity contribution >= 4 is 24.8 Å². The summed E-state index contributed by atoms with van der Waals surface area (Å²) in [4.78, 5) is 0. The monoisotopic (exact) mass is 335 g/mol. The Morgan fingerprint density at radius 3 is 1.38 bits per heavy atom. The van der Waals surface area contributed by atoms with Crippen LogP contribution < -0.4 is 0 Å². The van der Waals surface area contributed by atoms with E-state index in [4.69, 9.17) is 0 Å². The van der Waals surface area contributed by atoms with Gasteiger partial charge < -0.3 is 6.92 Å². The molecule has 0 nitrogen and oxygen atoms in total. The summed E-state index contributed by atoms with van der Waals surface area (Å²) in [5, 5.41) is 0. The van der Waals surface area contributed by atoms with Crippen LogP contribution in [0.4, 0.5) is 0 Å². The van der Waals surface area contributed by atoms with Crippen molar-refractivity contribution in [2.45, 2.75) is 26.2 Å². The van der Waals surface area contributed by atoms with Crippen LogP contribution in [0.5, 0.6) is 0 Å². The molecular weight excluding hydrogens is 318 g/mol. The zero-order valence-electron chi connectivity index (χ0n) is 9.61. The van der Waals surface area contributed by atoms with Gasteiger partial charge in [0.15, 0.2) is 0 Å². The van der Waals surface area contributed by atoms with Crippen LogP contribution in [0.15, 0.2) is 36.5 Å². The van der Waals surface area contributed by atoms with E-state index < -0.39 is 0 Å². The van der Waals surface area contributed by atoms with Gasteiger partial charge in [-0.2, -0.15) is 18.6 Å². The Morgan fingerprint density at radius 2 is 1.31 bits per heavy atom. The quantitative estimate of drug-likeness (QED) is 0.563. The molecule has 2 rings (SSSR count). The van der Waals surface area contributed by atoms with Crippen LogP contribution in [0, 0.1) is 19.1 Å². The van der Waals surface area contributed by atoms with Crippen molar-refractivity contribution in [3.63, 3.8) is 0 Å². The molecule has 1 radical (unpaired) electrons. The van der Waals surface area contributed by atoms with Gasteiger partial charge in [0.1, 0.15) is 0 Å². The first kappa shape index (κ1) is 25.3. The summed E-state index contributed by atoms with van der Waals surface area (Å²) in [5.41, 5.74) is 0. The van der Waals surface area contributed by atoms with Crippen molar-refractivity contribution in [3.05, 3.63) is 55.5 Å². The van der Waals surface area contributed by atoms with Crippen LogP contribution in [0.1, 0.15) is 26.2 Å². The Balaban J connectivity index is -0.0000000638. The third-order valence-electron chi connectivity index (χ3n) is 1.17. The molecule has 3 heteroatoms. The fourth-order valence-electron chi connectivity index (χ4n) is 0.680. The van der Waals surface area contributed by atoms with Gasteiger partial charge in [0.2, 0.25) is 0 Å². The summed E-state index contributed by atoms with van der Waals surface area (Å²) in [6.07, 6.45) is 21.0. The molecule has 0 saturated carbocycles. The standard InChI is InChI=1S/2C5H5.C3H7.2ClH.Zr/c2*1-2-4-5-3-1;1-3-2;;;/h2*1-3H,4H2;1,3H2,2H3;2*1H;/q3*-1;;;+3. The van der Waals surface area contributed by atoms with Crippen LogP contribution in [0.3, 0.4) is 0 Å². The van der Waals surface area contributed by atoms with Gasteiger partial charge in [-0.25, -0.2) is 24.3 Å². The van der Waals surface area contributed by atoms with E-state index in [-0.39, 0.29) is 51.0 Å². The van der Waals surface area contributed by atoms with Crippen LogP contribution in [0.2, 0.25) is 0 Å². The molecule has 0 aromatic carbocycles. The Hall–Kier alpha value is 0.423. The zero-order valence-corrected chi connectivity index (χ0v) is 13.7. The molecule has 0 amide bonds. The molecule has 16 heavy (non-hydrogen) atoms. The molecule has 2 aliphatic rings. The molecule has 0 N–H and O–H groups in total. The van der Waals surface area contributed by atoms with E-state index in [2.05, 4.69) is 31.2 Å². The molecule has 0 bridgehead atoms. The molecule has 0 fully saturated rings. The van der Waals surface area contributed by atoms with E-state index >= 15 is 0 Å². The summed E-state index contributed by atoms with van der Waals surface area (Å²) in [5.74, 6) is 0. The molecule has 0 unspecified atom stereocenters. The SMILES string of the molecule is Cl.Cl.[C-]1=CC=CC1.[C-]1=CC=CC1.[CH2-]CC.[Zr+3]. The number of hydrogen-bond acceptors (Lipinski definition) is 0. The third kappa shape index (κ3) is 23.9. The number of halogens is 2. The Morgan fingerprint density at radius 1 is 1.00 bits per heavy atom. The molecule has 2 aliphatic carbocycles. The minimum atomic E-state index is 0. The summed E-state index contributed by atoms with van der Waals surface area (Å²) in [6, 6.07) is 0. The van der Waals surface area contributed by atoms with E-state index in [9.17, 15) is 0 Å². The van der Waals surface area contributed by atoms with Crippen molar-refractivity contribution in [3.8, 4) is 0 Å². The van der Waals surface area contributed by atoms with E-state index in [0.29, 0.717) is 0 Å². The maximum Gasteiger partial charge on any atom is 3.00 e. The molecule has 0 heterocycles. The second kappa shape index (κ2) is 24.6. The average molecular weight is 337 g/mol. The molecule has 0 spiro atoms. The van der Waals surface area contributed by atoms with Gasteiger partial charge >= 0.3 is 26.2 Å². The predicted molar refractivity (Wildman–Crippen MR) is 73.3 cm³/mol. The maximum atomic E-state index is 3.49. The summed E-state index contributed by atoms with van der Waals surface area (Å²) < 4.78 is 0. The van der Waals surface area contributed by atoms with Crippen molar-refractivity contribution in [2.75, 3.05) is 0 Å². The first-order chi connectivity index (χ1) is 6.41. The zero-order chi connectivity index (χ0) is 9.78. The molecule has 0 aromatic rings. The normalized spacial score (nSPS) is 12.1. The van der Waals surface area contributed by atoms with Crippen molar-refractivity contribution < 1.29 is 26.2 Å². The van der Waals surface area contributed by atoms with Crippen LogP contribution in [0.25, 0.3) is 0 Å². The second-order valence-electron chi connectivity index (χ2n) is 2.51. The van der Waals surface area contributed by atoms with E-state index in [1.54, 1.807) is 0 Å². The minimum Gasteiger partial charge on any atom is -0.344 e. The first-order valence-electron chi connectivity index (χ1n) is 4.64. The summed E-state index contributed by atoms with van der Waals surface area (Å²) in [7, 11) is 0. The van der Waals surface area contributed by atoms with Gasteiger partial charge in [0.25, 0.3) is 0 Å². The van der Waals surface area contributed by atoms with E-state index in [1.807, 2.05) is 31.2 Å². The van der Waals surface area contributed by atoms with Crippen LogP contribution >= 0.6 is 24.8 Å². The van der Waals surface area contributed by atoms with Crippen LogP contribution in [-0.4, -0.2) is 0 Å².